The van der Waals surface area contributed by atoms with Crippen LogP contribution in [0.25, 0.3) is 10.9 Å². The fourth-order valence-corrected chi connectivity index (χ4v) is 2.97. The molecule has 0 spiro atoms. The highest BCUT2D eigenvalue weighted by Crippen LogP contribution is 2.27. The summed E-state index contributed by atoms with van der Waals surface area (Å²) in [6.07, 6.45) is 2.40. The van der Waals surface area contributed by atoms with Crippen LogP contribution in [0.3, 0.4) is 0 Å². The first-order valence-electron chi connectivity index (χ1n) is 7.67. The predicted octanol–water partition coefficient (Wildman–Crippen LogP) is 4.57. The third-order valence-electron chi connectivity index (χ3n) is 3.46. The molecule has 8 heteroatoms. The molecule has 0 fully saturated rings. The Balaban J connectivity index is 1.39. The Kier molecular flexibility index (Phi) is 5.78. The van der Waals surface area contributed by atoms with Crippen molar-refractivity contribution in [1.82, 2.24) is 15.5 Å². The van der Waals surface area contributed by atoms with E-state index >= 15 is 0 Å². The zero-order valence-electron chi connectivity index (χ0n) is 13.2. The average Bonchev–Trinajstić information content (AvgIpc) is 3.04. The van der Waals surface area contributed by atoms with Gasteiger partial charge < -0.3 is 15.4 Å². The molecule has 0 saturated carbocycles. The van der Waals surface area contributed by atoms with E-state index in [1.165, 1.54) is 0 Å². The number of halogens is 2. The number of carbonyl (C=O) groups is 1. The highest BCUT2D eigenvalue weighted by Gasteiger charge is 2.04. The average molecular weight is 424 g/mol. The van der Waals surface area contributed by atoms with Crippen LogP contribution in [0.1, 0.15) is 6.42 Å². The molecule has 130 valence electrons. The van der Waals surface area contributed by atoms with Crippen molar-refractivity contribution >= 4 is 50.2 Å². The lowest BCUT2D eigenvalue weighted by Gasteiger charge is -2.10. The van der Waals surface area contributed by atoms with Gasteiger partial charge in [-0.3, -0.25) is 5.10 Å². The normalized spacial score (nSPS) is 10.6. The van der Waals surface area contributed by atoms with Crippen LogP contribution >= 0.6 is 27.5 Å². The fourth-order valence-electron chi connectivity index (χ4n) is 2.24. The fraction of sp³-hybridized carbons (Fsp3) is 0.176. The molecule has 0 saturated heterocycles. The van der Waals surface area contributed by atoms with Crippen molar-refractivity contribution in [3.05, 3.63) is 52.1 Å². The molecule has 0 aliphatic rings. The van der Waals surface area contributed by atoms with Crippen molar-refractivity contribution in [1.29, 1.82) is 0 Å². The van der Waals surface area contributed by atoms with E-state index in [-0.39, 0.29) is 6.03 Å². The second kappa shape index (κ2) is 8.22. The van der Waals surface area contributed by atoms with Crippen molar-refractivity contribution in [3.8, 4) is 5.75 Å². The van der Waals surface area contributed by atoms with Gasteiger partial charge in [-0.25, -0.2) is 4.79 Å². The SMILES string of the molecule is O=C(NCCCOc1ccc(Br)cc1Cl)Nc1ccc2cn[nH]c2c1. The van der Waals surface area contributed by atoms with Gasteiger partial charge in [0, 0.05) is 22.1 Å². The number of rotatable bonds is 6. The summed E-state index contributed by atoms with van der Waals surface area (Å²) in [6.45, 7) is 0.952. The number of aromatic nitrogens is 2. The Labute approximate surface area is 158 Å². The quantitative estimate of drug-likeness (QED) is 0.508. The summed E-state index contributed by atoms with van der Waals surface area (Å²) in [5.41, 5.74) is 1.57. The lowest BCUT2D eigenvalue weighted by atomic mass is 10.2. The van der Waals surface area contributed by atoms with Crippen LogP contribution in [0.4, 0.5) is 10.5 Å². The van der Waals surface area contributed by atoms with Crippen LogP contribution in [0, 0.1) is 0 Å². The molecule has 1 heterocycles. The first-order chi connectivity index (χ1) is 12.1. The van der Waals surface area contributed by atoms with E-state index in [2.05, 4.69) is 36.8 Å². The maximum Gasteiger partial charge on any atom is 0.319 e. The number of urea groups is 1. The number of nitrogens with zero attached hydrogens (tertiary/aromatic N) is 1. The van der Waals surface area contributed by atoms with Gasteiger partial charge in [-0.1, -0.05) is 27.5 Å². The number of aromatic amines is 1. The highest BCUT2D eigenvalue weighted by molar-refractivity contribution is 9.10. The molecule has 0 radical (unpaired) electrons. The molecule has 25 heavy (non-hydrogen) atoms. The van der Waals surface area contributed by atoms with Crippen LogP contribution in [-0.4, -0.2) is 29.4 Å². The van der Waals surface area contributed by atoms with E-state index in [9.17, 15) is 4.79 Å². The van der Waals surface area contributed by atoms with Crippen LogP contribution in [0.5, 0.6) is 5.75 Å². The Morgan fingerprint density at radius 2 is 2.16 bits per heavy atom. The zero-order chi connectivity index (χ0) is 17.6. The standard InChI is InChI=1S/C17H16BrClN4O2/c18-12-3-5-16(14(19)8-12)25-7-1-6-20-17(24)22-13-4-2-11-10-21-23-15(11)9-13/h2-5,8-10H,1,6-7H2,(H,21,23)(H2,20,22,24). The first kappa shape index (κ1) is 17.6. The predicted molar refractivity (Wildman–Crippen MR) is 102 cm³/mol. The number of fused-ring (bicyclic) bond motifs is 1. The molecule has 2 aromatic carbocycles. The summed E-state index contributed by atoms with van der Waals surface area (Å²) in [5, 5.41) is 13.9. The van der Waals surface area contributed by atoms with Crippen LogP contribution in [0.15, 0.2) is 47.1 Å². The molecule has 3 N–H and O–H groups in total. The third-order valence-corrected chi connectivity index (χ3v) is 4.25. The topological polar surface area (TPSA) is 79.0 Å². The van der Waals surface area contributed by atoms with Crippen molar-refractivity contribution in [3.63, 3.8) is 0 Å². The number of anilines is 1. The molecule has 2 amide bonds. The number of amides is 2. The molecular formula is C17H16BrClN4O2. The van der Waals surface area contributed by atoms with E-state index < -0.39 is 0 Å². The maximum absolute atomic E-state index is 11.9. The molecule has 0 atom stereocenters. The van der Waals surface area contributed by atoms with Gasteiger partial charge in [0.1, 0.15) is 5.75 Å². The summed E-state index contributed by atoms with van der Waals surface area (Å²) in [7, 11) is 0. The zero-order valence-corrected chi connectivity index (χ0v) is 15.5. The first-order valence-corrected chi connectivity index (χ1v) is 8.85. The Morgan fingerprint density at radius 1 is 1.28 bits per heavy atom. The highest BCUT2D eigenvalue weighted by atomic mass is 79.9. The largest absolute Gasteiger partial charge is 0.492 e. The van der Waals surface area contributed by atoms with Gasteiger partial charge in [-0.05, 0) is 42.8 Å². The number of ether oxygens (including phenoxy) is 1. The molecule has 0 unspecified atom stereocenters. The Hall–Kier alpha value is -2.25. The van der Waals surface area contributed by atoms with Gasteiger partial charge in [0.05, 0.1) is 23.3 Å². The van der Waals surface area contributed by atoms with Gasteiger partial charge in [-0.15, -0.1) is 0 Å². The van der Waals surface area contributed by atoms with Gasteiger partial charge in [-0.2, -0.15) is 5.10 Å². The maximum atomic E-state index is 11.9. The van der Waals surface area contributed by atoms with Gasteiger partial charge in [0.2, 0.25) is 0 Å². The molecule has 6 nitrogen and oxygen atoms in total. The minimum Gasteiger partial charge on any atom is -0.492 e. The van der Waals surface area contributed by atoms with Crippen LogP contribution in [0.2, 0.25) is 5.02 Å². The molecule has 0 bridgehead atoms. The van der Waals surface area contributed by atoms with Crippen LogP contribution in [-0.2, 0) is 0 Å². The summed E-state index contributed by atoms with van der Waals surface area (Å²) in [6, 6.07) is 10.7. The summed E-state index contributed by atoms with van der Waals surface area (Å²) in [5.74, 6) is 0.627. The van der Waals surface area contributed by atoms with Crippen molar-refractivity contribution in [2.45, 2.75) is 6.42 Å². The monoisotopic (exact) mass is 422 g/mol. The van der Waals surface area contributed by atoms with E-state index in [0.717, 1.165) is 15.4 Å². The Morgan fingerprint density at radius 3 is 3.00 bits per heavy atom. The molecular weight excluding hydrogens is 408 g/mol. The minimum absolute atomic E-state index is 0.263. The Bertz CT molecular complexity index is 884. The lowest BCUT2D eigenvalue weighted by molar-refractivity contribution is 0.250. The summed E-state index contributed by atoms with van der Waals surface area (Å²) < 4.78 is 6.50. The molecule has 1 aromatic heterocycles. The summed E-state index contributed by atoms with van der Waals surface area (Å²) >= 11 is 9.42. The molecule has 0 aliphatic carbocycles. The third kappa shape index (κ3) is 4.87. The van der Waals surface area contributed by atoms with Gasteiger partial charge in [0.15, 0.2) is 0 Å². The van der Waals surface area contributed by atoms with Crippen molar-refractivity contribution in [2.24, 2.45) is 0 Å². The number of hydrogen-bond acceptors (Lipinski definition) is 3. The lowest BCUT2D eigenvalue weighted by Crippen LogP contribution is -2.30. The second-order valence-corrected chi connectivity index (χ2v) is 6.65. The van der Waals surface area contributed by atoms with Crippen LogP contribution < -0.4 is 15.4 Å². The number of nitrogens with one attached hydrogen (secondary N) is 3. The smallest absolute Gasteiger partial charge is 0.319 e. The summed E-state index contributed by atoms with van der Waals surface area (Å²) in [4.78, 5) is 11.9. The minimum atomic E-state index is -0.263. The molecule has 0 aliphatic heterocycles. The van der Waals surface area contributed by atoms with Gasteiger partial charge in [0.25, 0.3) is 0 Å². The number of benzene rings is 2. The van der Waals surface area contributed by atoms with E-state index in [0.29, 0.717) is 36.0 Å². The van der Waals surface area contributed by atoms with E-state index in [1.54, 1.807) is 18.3 Å². The number of carbonyl (C=O) groups excluding carboxylic acids is 1. The van der Waals surface area contributed by atoms with Gasteiger partial charge >= 0.3 is 6.03 Å². The van der Waals surface area contributed by atoms with Crippen molar-refractivity contribution in [2.75, 3.05) is 18.5 Å². The molecule has 3 aromatic rings. The van der Waals surface area contributed by atoms with E-state index in [1.807, 2.05) is 24.3 Å². The number of H-pyrrole nitrogens is 1. The second-order valence-electron chi connectivity index (χ2n) is 5.33. The van der Waals surface area contributed by atoms with E-state index in [4.69, 9.17) is 16.3 Å². The number of hydrogen-bond donors (Lipinski definition) is 3. The van der Waals surface area contributed by atoms with Crippen molar-refractivity contribution < 1.29 is 9.53 Å². The molecule has 3 rings (SSSR count).